The van der Waals surface area contributed by atoms with Crippen LogP contribution in [-0.2, 0) is 0 Å². The second-order valence-electron chi connectivity index (χ2n) is 3.67. The number of hydrogen-bond donors (Lipinski definition) is 1. The predicted octanol–water partition coefficient (Wildman–Crippen LogP) is 1.44. The molecule has 12 heavy (non-hydrogen) atoms. The van der Waals surface area contributed by atoms with Crippen LogP contribution >= 0.6 is 0 Å². The maximum atomic E-state index is 13.6. The van der Waals surface area contributed by atoms with Gasteiger partial charge in [-0.2, -0.15) is 0 Å². The first-order valence-corrected chi connectivity index (χ1v) is 4.45. The minimum Gasteiger partial charge on any atom is -0.393 e. The third kappa shape index (κ3) is 3.50. The highest BCUT2D eigenvalue weighted by Gasteiger charge is 2.28. The molecule has 0 rings (SSSR count). The summed E-state index contributed by atoms with van der Waals surface area (Å²) in [6.45, 7) is 5.68. The molecule has 2 nitrogen and oxygen atoms in total. The summed E-state index contributed by atoms with van der Waals surface area (Å²) in [6.07, 6.45) is 0.362. The van der Waals surface area contributed by atoms with E-state index in [-0.39, 0.29) is 6.61 Å². The Hall–Kier alpha value is -0.150. The lowest BCUT2D eigenvalue weighted by Gasteiger charge is -2.29. The molecule has 0 aliphatic rings. The number of aliphatic hydroxyl groups excluding tert-OH is 1. The lowest BCUT2D eigenvalue weighted by Crippen LogP contribution is -2.43. The lowest BCUT2D eigenvalue weighted by molar-refractivity contribution is 0.0292. The molecule has 0 amide bonds. The van der Waals surface area contributed by atoms with Crippen molar-refractivity contribution >= 4 is 0 Å². The zero-order chi connectivity index (χ0) is 9.78. The van der Waals surface area contributed by atoms with Gasteiger partial charge >= 0.3 is 0 Å². The maximum Gasteiger partial charge on any atom is 0.146 e. The molecule has 0 fully saturated rings. The van der Waals surface area contributed by atoms with Gasteiger partial charge in [0.15, 0.2) is 0 Å². The topological polar surface area (TPSA) is 23.5 Å². The van der Waals surface area contributed by atoms with Gasteiger partial charge in [0.1, 0.15) is 5.67 Å². The van der Waals surface area contributed by atoms with Crippen molar-refractivity contribution in [2.75, 3.05) is 20.2 Å². The van der Waals surface area contributed by atoms with Gasteiger partial charge in [-0.3, -0.25) is 0 Å². The van der Waals surface area contributed by atoms with Gasteiger partial charge in [0.25, 0.3) is 0 Å². The van der Waals surface area contributed by atoms with E-state index in [9.17, 15) is 4.39 Å². The number of aliphatic hydroxyl groups is 1. The molecule has 1 unspecified atom stereocenters. The van der Waals surface area contributed by atoms with Crippen LogP contribution in [0.5, 0.6) is 0 Å². The summed E-state index contributed by atoms with van der Waals surface area (Å²) in [5, 5.41) is 8.81. The van der Waals surface area contributed by atoms with Crippen molar-refractivity contribution in [3.63, 3.8) is 0 Å². The standard InChI is InChI=1S/C9H20FNO/c1-5-9(10,7-12)6-11(4)8(2)3/h8,12H,5-7H2,1-4H3. The molecule has 0 saturated heterocycles. The van der Waals surface area contributed by atoms with E-state index in [2.05, 4.69) is 0 Å². The molecule has 74 valence electrons. The molecule has 0 spiro atoms. The van der Waals surface area contributed by atoms with E-state index in [0.29, 0.717) is 19.0 Å². The van der Waals surface area contributed by atoms with Gasteiger partial charge in [-0.1, -0.05) is 6.92 Å². The second kappa shape index (κ2) is 4.77. The van der Waals surface area contributed by atoms with Crippen molar-refractivity contribution < 1.29 is 9.50 Å². The molecule has 1 N–H and O–H groups in total. The highest BCUT2D eigenvalue weighted by Crippen LogP contribution is 2.17. The molecule has 0 heterocycles. The second-order valence-corrected chi connectivity index (χ2v) is 3.67. The van der Waals surface area contributed by atoms with Crippen molar-refractivity contribution in [1.29, 1.82) is 0 Å². The van der Waals surface area contributed by atoms with Crippen molar-refractivity contribution in [3.05, 3.63) is 0 Å². The van der Waals surface area contributed by atoms with Crippen LogP contribution in [0.25, 0.3) is 0 Å². The lowest BCUT2D eigenvalue weighted by atomic mass is 10.0. The molecule has 0 aromatic carbocycles. The quantitative estimate of drug-likeness (QED) is 0.687. The first-order chi connectivity index (χ1) is 5.45. The number of hydrogen-bond acceptors (Lipinski definition) is 2. The Kier molecular flexibility index (Phi) is 4.71. The Morgan fingerprint density at radius 3 is 2.25 bits per heavy atom. The molecule has 0 aromatic rings. The number of rotatable bonds is 5. The van der Waals surface area contributed by atoms with Crippen LogP contribution < -0.4 is 0 Å². The average molecular weight is 177 g/mol. The summed E-state index contributed by atoms with van der Waals surface area (Å²) in [5.74, 6) is 0. The summed E-state index contributed by atoms with van der Waals surface area (Å²) in [6, 6.07) is 0.318. The summed E-state index contributed by atoms with van der Waals surface area (Å²) >= 11 is 0. The van der Waals surface area contributed by atoms with Gasteiger partial charge in [0.2, 0.25) is 0 Å². The molecule has 3 heteroatoms. The minimum atomic E-state index is -1.43. The van der Waals surface area contributed by atoms with Crippen molar-refractivity contribution in [1.82, 2.24) is 4.90 Å². The van der Waals surface area contributed by atoms with E-state index in [1.807, 2.05) is 25.8 Å². The van der Waals surface area contributed by atoms with E-state index in [1.165, 1.54) is 0 Å². The molecule has 0 radical (unpaired) electrons. The highest BCUT2D eigenvalue weighted by molar-refractivity contribution is 4.80. The molecule has 0 bridgehead atoms. The first-order valence-electron chi connectivity index (χ1n) is 4.45. The Morgan fingerprint density at radius 1 is 1.50 bits per heavy atom. The van der Waals surface area contributed by atoms with Crippen LogP contribution in [0.2, 0.25) is 0 Å². The monoisotopic (exact) mass is 177 g/mol. The zero-order valence-electron chi connectivity index (χ0n) is 8.47. The van der Waals surface area contributed by atoms with Crippen molar-refractivity contribution in [2.24, 2.45) is 0 Å². The third-order valence-corrected chi connectivity index (χ3v) is 2.33. The van der Waals surface area contributed by atoms with Crippen LogP contribution in [0, 0.1) is 0 Å². The highest BCUT2D eigenvalue weighted by atomic mass is 19.1. The summed E-state index contributed by atoms with van der Waals surface area (Å²) in [5.41, 5.74) is -1.43. The van der Waals surface area contributed by atoms with Crippen LogP contribution in [0.4, 0.5) is 4.39 Å². The fourth-order valence-corrected chi connectivity index (χ4v) is 0.903. The van der Waals surface area contributed by atoms with Gasteiger partial charge in [-0.25, -0.2) is 4.39 Å². The van der Waals surface area contributed by atoms with Crippen LogP contribution in [0.15, 0.2) is 0 Å². The molecule has 1 atom stereocenters. The van der Waals surface area contributed by atoms with Gasteiger partial charge < -0.3 is 10.0 Å². The van der Waals surface area contributed by atoms with Gasteiger partial charge in [-0.05, 0) is 27.3 Å². The first kappa shape index (κ1) is 11.8. The normalized spacial score (nSPS) is 17.0. The third-order valence-electron chi connectivity index (χ3n) is 2.33. The predicted molar refractivity (Wildman–Crippen MR) is 49.0 cm³/mol. The molecule has 0 aromatic heterocycles. The average Bonchev–Trinajstić information content (AvgIpc) is 2.04. The Balaban J connectivity index is 4.02. The van der Waals surface area contributed by atoms with Crippen LogP contribution in [0.3, 0.4) is 0 Å². The molecular formula is C9H20FNO. The van der Waals surface area contributed by atoms with Crippen LogP contribution in [-0.4, -0.2) is 41.9 Å². The van der Waals surface area contributed by atoms with E-state index in [1.54, 1.807) is 6.92 Å². The van der Waals surface area contributed by atoms with Gasteiger partial charge in [0, 0.05) is 12.6 Å². The van der Waals surface area contributed by atoms with Crippen LogP contribution in [0.1, 0.15) is 27.2 Å². The Labute approximate surface area is 74.4 Å². The summed E-state index contributed by atoms with van der Waals surface area (Å²) in [4.78, 5) is 1.90. The minimum absolute atomic E-state index is 0.303. The zero-order valence-corrected chi connectivity index (χ0v) is 8.47. The van der Waals surface area contributed by atoms with Crippen molar-refractivity contribution in [3.8, 4) is 0 Å². The molecular weight excluding hydrogens is 157 g/mol. The van der Waals surface area contributed by atoms with E-state index in [0.717, 1.165) is 0 Å². The summed E-state index contributed by atoms with van der Waals surface area (Å²) < 4.78 is 13.6. The Bertz CT molecular complexity index is 124. The van der Waals surface area contributed by atoms with E-state index < -0.39 is 5.67 Å². The van der Waals surface area contributed by atoms with E-state index in [4.69, 9.17) is 5.11 Å². The fourth-order valence-electron chi connectivity index (χ4n) is 0.903. The maximum absolute atomic E-state index is 13.6. The fraction of sp³-hybridized carbons (Fsp3) is 1.00. The molecule has 0 saturated carbocycles. The number of nitrogens with zero attached hydrogens (tertiary/aromatic N) is 1. The number of alkyl halides is 1. The molecule has 0 aliphatic carbocycles. The largest absolute Gasteiger partial charge is 0.393 e. The Morgan fingerprint density at radius 2 is 2.00 bits per heavy atom. The van der Waals surface area contributed by atoms with Crippen molar-refractivity contribution in [2.45, 2.75) is 38.9 Å². The molecule has 0 aliphatic heterocycles. The van der Waals surface area contributed by atoms with Gasteiger partial charge in [-0.15, -0.1) is 0 Å². The summed E-state index contributed by atoms with van der Waals surface area (Å²) in [7, 11) is 1.87. The smallest absolute Gasteiger partial charge is 0.146 e. The van der Waals surface area contributed by atoms with E-state index >= 15 is 0 Å². The SMILES string of the molecule is CCC(F)(CO)CN(C)C(C)C. The van der Waals surface area contributed by atoms with Gasteiger partial charge in [0.05, 0.1) is 6.61 Å². The number of halogens is 1.